The number of hydrogen-bond acceptors (Lipinski definition) is 9. The second-order valence-electron chi connectivity index (χ2n) is 4.84. The number of carbonyl (C=O) groups excluding carboxylic acids is 4. The molecule has 4 atom stereocenters. The molecule has 0 amide bonds. The molecule has 0 aromatic carbocycles. The maximum absolute atomic E-state index is 11.3. The van der Waals surface area contributed by atoms with E-state index in [1.54, 1.807) is 0 Å². The summed E-state index contributed by atoms with van der Waals surface area (Å²) in [5.41, 5.74) is 0. The van der Waals surface area contributed by atoms with E-state index in [0.29, 0.717) is 0 Å². The predicted octanol–water partition coefficient (Wildman–Crippen LogP) is -0.0948. The highest BCUT2D eigenvalue weighted by Crippen LogP contribution is 2.27. The average molecular weight is 331 g/mol. The van der Waals surface area contributed by atoms with E-state index in [0.717, 1.165) is 20.5 Å². The van der Waals surface area contributed by atoms with Crippen molar-refractivity contribution in [1.82, 2.24) is 0 Å². The van der Waals surface area contributed by atoms with Crippen LogP contribution in [0.2, 0.25) is 0 Å². The van der Waals surface area contributed by atoms with E-state index in [1.165, 1.54) is 13.8 Å². The van der Waals surface area contributed by atoms with Gasteiger partial charge in [0.15, 0.2) is 18.3 Å². The number of ether oxygens (including phenoxy) is 5. The highest BCUT2D eigenvalue weighted by Gasteiger charge is 2.47. The summed E-state index contributed by atoms with van der Waals surface area (Å²) in [6, 6.07) is 0. The fourth-order valence-corrected chi connectivity index (χ4v) is 2.01. The second kappa shape index (κ2) is 8.47. The standard InChI is InChI=1S/C14H19O9/c1-7(15)19-5-11-13(22-9(3)17)14(23-10(4)18)12(6-20-11)21-8(2)16/h6,11-14H,5H2,1-4H3/t11-,12+,13-,14-/m1/s1. The molecule has 129 valence electrons. The summed E-state index contributed by atoms with van der Waals surface area (Å²) >= 11 is 0. The van der Waals surface area contributed by atoms with Crippen LogP contribution in [-0.2, 0) is 42.9 Å². The summed E-state index contributed by atoms with van der Waals surface area (Å²) in [7, 11) is 0. The Labute approximate surface area is 133 Å². The van der Waals surface area contributed by atoms with E-state index in [4.69, 9.17) is 23.7 Å². The summed E-state index contributed by atoms with van der Waals surface area (Å²) in [4.78, 5) is 44.7. The normalized spacial score (nSPS) is 26.8. The van der Waals surface area contributed by atoms with Gasteiger partial charge in [0.1, 0.15) is 19.3 Å². The number of esters is 4. The van der Waals surface area contributed by atoms with Gasteiger partial charge in [-0.25, -0.2) is 0 Å². The van der Waals surface area contributed by atoms with Crippen LogP contribution in [0.5, 0.6) is 0 Å². The largest absolute Gasteiger partial charge is 0.463 e. The zero-order valence-corrected chi connectivity index (χ0v) is 13.3. The maximum atomic E-state index is 11.3. The zero-order valence-electron chi connectivity index (χ0n) is 13.3. The highest BCUT2D eigenvalue weighted by molar-refractivity contribution is 5.68. The summed E-state index contributed by atoms with van der Waals surface area (Å²) in [5, 5.41) is 0. The lowest BCUT2D eigenvalue weighted by Gasteiger charge is -2.39. The number of rotatable bonds is 5. The molecule has 1 heterocycles. The van der Waals surface area contributed by atoms with Crippen molar-refractivity contribution in [3.05, 3.63) is 6.61 Å². The Kier molecular flexibility index (Phi) is 6.95. The van der Waals surface area contributed by atoms with Crippen molar-refractivity contribution >= 4 is 23.9 Å². The van der Waals surface area contributed by atoms with Crippen LogP contribution in [0.1, 0.15) is 27.7 Å². The second-order valence-corrected chi connectivity index (χ2v) is 4.84. The Hall–Kier alpha value is -2.16. The van der Waals surface area contributed by atoms with Crippen molar-refractivity contribution in [3.8, 4) is 0 Å². The van der Waals surface area contributed by atoms with Gasteiger partial charge in [-0.15, -0.1) is 0 Å². The van der Waals surface area contributed by atoms with Gasteiger partial charge in [-0.3, -0.25) is 19.2 Å². The van der Waals surface area contributed by atoms with Gasteiger partial charge in [-0.05, 0) is 0 Å². The Balaban J connectivity index is 2.98. The minimum atomic E-state index is -1.12. The molecule has 1 rings (SSSR count). The van der Waals surface area contributed by atoms with Gasteiger partial charge in [-0.1, -0.05) is 0 Å². The molecule has 0 spiro atoms. The molecule has 1 aliphatic heterocycles. The molecule has 9 nitrogen and oxygen atoms in total. The Bertz CT molecular complexity index is 473. The quantitative estimate of drug-likeness (QED) is 0.503. The lowest BCUT2D eigenvalue weighted by molar-refractivity contribution is -0.217. The van der Waals surface area contributed by atoms with E-state index in [1.807, 2.05) is 0 Å². The lowest BCUT2D eigenvalue weighted by Crippen LogP contribution is -2.57. The molecular formula is C14H19O9. The maximum Gasteiger partial charge on any atom is 0.303 e. The first-order valence-corrected chi connectivity index (χ1v) is 6.84. The predicted molar refractivity (Wildman–Crippen MR) is 72.5 cm³/mol. The summed E-state index contributed by atoms with van der Waals surface area (Å²) in [6.07, 6.45) is -4.19. The molecule has 0 bridgehead atoms. The minimum absolute atomic E-state index is 0.228. The molecule has 0 aromatic heterocycles. The van der Waals surface area contributed by atoms with Crippen LogP contribution < -0.4 is 0 Å². The Morgan fingerprint density at radius 3 is 1.83 bits per heavy atom. The first-order chi connectivity index (χ1) is 10.7. The summed E-state index contributed by atoms with van der Waals surface area (Å²) in [6.45, 7) is 5.61. The van der Waals surface area contributed by atoms with Crippen LogP contribution in [0.4, 0.5) is 0 Å². The molecule has 0 saturated carbocycles. The third-order valence-electron chi connectivity index (χ3n) is 2.76. The molecule has 1 aliphatic rings. The van der Waals surface area contributed by atoms with Gasteiger partial charge >= 0.3 is 23.9 Å². The monoisotopic (exact) mass is 331 g/mol. The van der Waals surface area contributed by atoms with Crippen LogP contribution in [0.3, 0.4) is 0 Å². The minimum Gasteiger partial charge on any atom is -0.463 e. The molecule has 0 aliphatic carbocycles. The summed E-state index contributed by atoms with van der Waals surface area (Å²) in [5.74, 6) is -2.51. The molecule has 9 heteroatoms. The van der Waals surface area contributed by atoms with Crippen LogP contribution in [0.15, 0.2) is 0 Å². The van der Waals surface area contributed by atoms with Gasteiger partial charge in [-0.2, -0.15) is 0 Å². The smallest absolute Gasteiger partial charge is 0.303 e. The van der Waals surface area contributed by atoms with Gasteiger partial charge in [0.25, 0.3) is 0 Å². The molecule has 1 fully saturated rings. The van der Waals surface area contributed by atoms with Gasteiger partial charge < -0.3 is 23.7 Å². The van der Waals surface area contributed by atoms with Crippen molar-refractivity contribution in [2.24, 2.45) is 0 Å². The van der Waals surface area contributed by atoms with E-state index in [-0.39, 0.29) is 6.61 Å². The fraction of sp³-hybridized carbons (Fsp3) is 0.643. The highest BCUT2D eigenvalue weighted by atomic mass is 16.7. The average Bonchev–Trinajstić information content (AvgIpc) is 2.39. The van der Waals surface area contributed by atoms with E-state index >= 15 is 0 Å². The fourth-order valence-electron chi connectivity index (χ4n) is 2.01. The van der Waals surface area contributed by atoms with Crippen molar-refractivity contribution < 1.29 is 42.9 Å². The van der Waals surface area contributed by atoms with Crippen LogP contribution in [0.25, 0.3) is 0 Å². The van der Waals surface area contributed by atoms with Gasteiger partial charge in [0.2, 0.25) is 0 Å². The molecule has 0 unspecified atom stereocenters. The molecule has 23 heavy (non-hydrogen) atoms. The number of hydrogen-bond donors (Lipinski definition) is 0. The zero-order chi connectivity index (χ0) is 17.6. The topological polar surface area (TPSA) is 114 Å². The third-order valence-corrected chi connectivity index (χ3v) is 2.76. The van der Waals surface area contributed by atoms with E-state index in [2.05, 4.69) is 0 Å². The molecule has 0 aromatic rings. The first kappa shape index (κ1) is 18.9. The van der Waals surface area contributed by atoms with E-state index in [9.17, 15) is 19.2 Å². The van der Waals surface area contributed by atoms with Gasteiger partial charge in [0.05, 0.1) is 0 Å². The van der Waals surface area contributed by atoms with Gasteiger partial charge in [0, 0.05) is 27.7 Å². The molecule has 0 N–H and O–H groups in total. The van der Waals surface area contributed by atoms with E-state index < -0.39 is 48.3 Å². The van der Waals surface area contributed by atoms with Crippen molar-refractivity contribution in [2.45, 2.75) is 52.1 Å². The Morgan fingerprint density at radius 2 is 1.35 bits per heavy atom. The van der Waals surface area contributed by atoms with Crippen molar-refractivity contribution in [3.63, 3.8) is 0 Å². The Morgan fingerprint density at radius 1 is 0.826 bits per heavy atom. The van der Waals surface area contributed by atoms with Crippen LogP contribution >= 0.6 is 0 Å². The molecule has 1 saturated heterocycles. The van der Waals surface area contributed by atoms with Crippen molar-refractivity contribution in [1.29, 1.82) is 0 Å². The molecular weight excluding hydrogens is 312 g/mol. The third kappa shape index (κ3) is 6.23. The molecule has 1 radical (unpaired) electrons. The van der Waals surface area contributed by atoms with Crippen molar-refractivity contribution in [2.75, 3.05) is 6.61 Å². The number of carbonyl (C=O) groups is 4. The first-order valence-electron chi connectivity index (χ1n) is 6.84. The SMILES string of the molecule is CC(=O)OC[C@H]1O[CH][C@H](OC(C)=O)[C@@H](OC(C)=O)[C@@H]1OC(C)=O. The van der Waals surface area contributed by atoms with Crippen LogP contribution in [-0.4, -0.2) is 54.9 Å². The lowest BCUT2D eigenvalue weighted by atomic mass is 9.99. The summed E-state index contributed by atoms with van der Waals surface area (Å²) < 4.78 is 25.4. The van der Waals surface area contributed by atoms with Crippen LogP contribution in [0, 0.1) is 6.61 Å².